The van der Waals surface area contributed by atoms with Gasteiger partial charge in [0.25, 0.3) is 0 Å². The van der Waals surface area contributed by atoms with Gasteiger partial charge in [-0.3, -0.25) is 4.79 Å². The highest BCUT2D eigenvalue weighted by Crippen LogP contribution is 2.25. The molecule has 1 aromatic carbocycles. The van der Waals surface area contributed by atoms with Gasteiger partial charge in [0.2, 0.25) is 5.78 Å². The lowest BCUT2D eigenvalue weighted by Gasteiger charge is -2.11. The number of nitrogens with zero attached hydrogens (tertiary/aromatic N) is 4. The van der Waals surface area contributed by atoms with Crippen LogP contribution >= 0.6 is 0 Å². The summed E-state index contributed by atoms with van der Waals surface area (Å²) < 4.78 is 1.81. The SMILES string of the molecule is Cc1cc(C)nc([C@@H](C#N)C(=O)c2ccc(-c3ccccc3)n2C)n1. The lowest BCUT2D eigenvalue weighted by atomic mass is 10.0. The highest BCUT2D eigenvalue weighted by molar-refractivity contribution is 6.01. The van der Waals surface area contributed by atoms with E-state index in [9.17, 15) is 10.1 Å². The topological polar surface area (TPSA) is 71.6 Å². The van der Waals surface area contributed by atoms with Gasteiger partial charge in [0, 0.05) is 24.1 Å². The van der Waals surface area contributed by atoms with Crippen molar-refractivity contribution in [2.24, 2.45) is 7.05 Å². The first-order valence-corrected chi connectivity index (χ1v) is 7.98. The molecule has 0 amide bonds. The van der Waals surface area contributed by atoms with Crippen LogP contribution in [0.5, 0.6) is 0 Å². The van der Waals surface area contributed by atoms with Crippen LogP contribution in [0.2, 0.25) is 0 Å². The molecule has 0 fully saturated rings. The number of carbonyl (C=O) groups excluding carboxylic acids is 1. The minimum Gasteiger partial charge on any atom is -0.341 e. The molecule has 0 spiro atoms. The van der Waals surface area contributed by atoms with Crippen LogP contribution in [0.25, 0.3) is 11.3 Å². The molecule has 0 aliphatic carbocycles. The Morgan fingerprint density at radius 1 is 1.08 bits per heavy atom. The summed E-state index contributed by atoms with van der Waals surface area (Å²) >= 11 is 0. The van der Waals surface area contributed by atoms with E-state index in [1.165, 1.54) is 0 Å². The molecule has 25 heavy (non-hydrogen) atoms. The number of aromatic nitrogens is 3. The van der Waals surface area contributed by atoms with Crippen molar-refractivity contribution in [1.29, 1.82) is 5.26 Å². The van der Waals surface area contributed by atoms with Crippen molar-refractivity contribution < 1.29 is 4.79 Å². The van der Waals surface area contributed by atoms with Crippen LogP contribution in [-0.4, -0.2) is 20.3 Å². The first kappa shape index (κ1) is 16.6. The quantitative estimate of drug-likeness (QED) is 0.685. The van der Waals surface area contributed by atoms with Crippen molar-refractivity contribution in [2.75, 3.05) is 0 Å². The zero-order valence-electron chi connectivity index (χ0n) is 14.4. The molecule has 0 saturated carbocycles. The van der Waals surface area contributed by atoms with Crippen molar-refractivity contribution in [3.05, 3.63) is 71.4 Å². The van der Waals surface area contributed by atoms with Gasteiger partial charge in [0.05, 0.1) is 11.8 Å². The highest BCUT2D eigenvalue weighted by Gasteiger charge is 2.27. The number of carbonyl (C=O) groups is 1. The standard InChI is InChI=1S/C20H18N4O/c1-13-11-14(2)23-20(22-13)16(12-21)19(25)18-10-9-17(24(18)3)15-7-5-4-6-8-15/h4-11,16H,1-3H3/t16-/m0/s1. The van der Waals surface area contributed by atoms with Crippen LogP contribution in [0.1, 0.15) is 33.6 Å². The zero-order valence-corrected chi connectivity index (χ0v) is 14.4. The maximum absolute atomic E-state index is 12.9. The van der Waals surface area contributed by atoms with E-state index in [0.717, 1.165) is 22.6 Å². The highest BCUT2D eigenvalue weighted by atomic mass is 16.1. The molecule has 3 rings (SSSR count). The Morgan fingerprint density at radius 2 is 1.72 bits per heavy atom. The van der Waals surface area contributed by atoms with Gasteiger partial charge in [-0.15, -0.1) is 0 Å². The summed E-state index contributed by atoms with van der Waals surface area (Å²) in [5, 5.41) is 9.55. The fourth-order valence-corrected chi connectivity index (χ4v) is 2.92. The van der Waals surface area contributed by atoms with Gasteiger partial charge in [-0.2, -0.15) is 5.26 Å². The van der Waals surface area contributed by atoms with Crippen LogP contribution in [0.15, 0.2) is 48.5 Å². The molecule has 0 saturated heterocycles. The molecule has 3 aromatic rings. The second-order valence-electron chi connectivity index (χ2n) is 5.96. The van der Waals surface area contributed by atoms with E-state index in [4.69, 9.17) is 0 Å². The third kappa shape index (κ3) is 3.20. The largest absolute Gasteiger partial charge is 0.341 e. The number of Topliss-reactive ketones (excluding diaryl/α,β-unsaturated/α-hetero) is 1. The molecule has 2 aromatic heterocycles. The number of nitriles is 1. The monoisotopic (exact) mass is 330 g/mol. The van der Waals surface area contributed by atoms with Gasteiger partial charge in [0.1, 0.15) is 0 Å². The van der Waals surface area contributed by atoms with Crippen molar-refractivity contribution in [1.82, 2.24) is 14.5 Å². The molecule has 1 atom stereocenters. The van der Waals surface area contributed by atoms with Crippen LogP contribution in [0.4, 0.5) is 0 Å². The molecule has 0 radical (unpaired) electrons. The van der Waals surface area contributed by atoms with Gasteiger partial charge in [-0.1, -0.05) is 30.3 Å². The summed E-state index contributed by atoms with van der Waals surface area (Å²) in [6, 6.07) is 17.3. The van der Waals surface area contributed by atoms with Crippen molar-refractivity contribution in [2.45, 2.75) is 19.8 Å². The predicted molar refractivity (Wildman–Crippen MR) is 95.0 cm³/mol. The first-order valence-electron chi connectivity index (χ1n) is 7.98. The summed E-state index contributed by atoms with van der Waals surface area (Å²) in [6.45, 7) is 3.65. The number of aryl methyl sites for hydroxylation is 2. The van der Waals surface area contributed by atoms with Crippen LogP contribution in [0.3, 0.4) is 0 Å². The normalized spacial score (nSPS) is 11.8. The Balaban J connectivity index is 2.00. The number of ketones is 1. The van der Waals surface area contributed by atoms with E-state index in [2.05, 4.69) is 16.0 Å². The lowest BCUT2D eigenvalue weighted by molar-refractivity contribution is 0.0968. The molecule has 0 N–H and O–H groups in total. The Labute approximate surface area is 146 Å². The van der Waals surface area contributed by atoms with Crippen molar-refractivity contribution in [3.8, 4) is 17.3 Å². The Bertz CT molecular complexity index is 947. The zero-order chi connectivity index (χ0) is 18.0. The minimum absolute atomic E-state index is 0.257. The van der Waals surface area contributed by atoms with Crippen LogP contribution in [0, 0.1) is 25.2 Å². The summed E-state index contributed by atoms with van der Waals surface area (Å²) in [6.07, 6.45) is 0. The van der Waals surface area contributed by atoms with Gasteiger partial charge in [0.15, 0.2) is 11.7 Å². The van der Waals surface area contributed by atoms with E-state index >= 15 is 0 Å². The van der Waals surface area contributed by atoms with Crippen LogP contribution in [-0.2, 0) is 7.05 Å². The summed E-state index contributed by atoms with van der Waals surface area (Å²) in [5.74, 6) is -1.06. The Kier molecular flexibility index (Phi) is 4.44. The third-order valence-corrected chi connectivity index (χ3v) is 4.09. The fourth-order valence-electron chi connectivity index (χ4n) is 2.92. The molecule has 0 aliphatic rings. The molecular formula is C20H18N4O. The molecule has 0 aliphatic heterocycles. The average Bonchev–Trinajstić information content (AvgIpc) is 2.97. The van der Waals surface area contributed by atoms with Crippen molar-refractivity contribution >= 4 is 5.78 Å². The molecule has 0 unspecified atom stereocenters. The summed E-state index contributed by atoms with van der Waals surface area (Å²) in [5.41, 5.74) is 3.88. The number of rotatable bonds is 4. The molecule has 5 nitrogen and oxygen atoms in total. The average molecular weight is 330 g/mol. The van der Waals surface area contributed by atoms with Crippen molar-refractivity contribution in [3.63, 3.8) is 0 Å². The molecule has 2 heterocycles. The lowest BCUT2D eigenvalue weighted by Crippen LogP contribution is -2.18. The van der Waals surface area contributed by atoms with Gasteiger partial charge in [-0.05, 0) is 37.6 Å². The Hall–Kier alpha value is -3.26. The van der Waals surface area contributed by atoms with Crippen LogP contribution < -0.4 is 0 Å². The maximum atomic E-state index is 12.9. The molecular weight excluding hydrogens is 312 g/mol. The molecule has 124 valence electrons. The van der Waals surface area contributed by atoms with E-state index in [-0.39, 0.29) is 11.6 Å². The van der Waals surface area contributed by atoms with E-state index in [1.807, 2.05) is 67.9 Å². The maximum Gasteiger partial charge on any atom is 0.204 e. The minimum atomic E-state index is -1.02. The van der Waals surface area contributed by atoms with Gasteiger partial charge in [-0.25, -0.2) is 9.97 Å². The first-order chi connectivity index (χ1) is 12.0. The van der Waals surface area contributed by atoms with E-state index in [1.54, 1.807) is 6.07 Å². The van der Waals surface area contributed by atoms with E-state index in [0.29, 0.717) is 5.69 Å². The fraction of sp³-hybridized carbons (Fsp3) is 0.200. The number of benzene rings is 1. The Morgan fingerprint density at radius 3 is 2.32 bits per heavy atom. The number of hydrogen-bond donors (Lipinski definition) is 0. The molecule has 5 heteroatoms. The summed E-state index contributed by atoms with van der Waals surface area (Å²) in [4.78, 5) is 21.5. The second-order valence-corrected chi connectivity index (χ2v) is 5.96. The number of hydrogen-bond acceptors (Lipinski definition) is 4. The smallest absolute Gasteiger partial charge is 0.204 e. The predicted octanol–water partition coefficient (Wildman–Crippen LogP) is 3.59. The van der Waals surface area contributed by atoms with E-state index < -0.39 is 5.92 Å². The second kappa shape index (κ2) is 6.70. The molecule has 0 bridgehead atoms. The third-order valence-electron chi connectivity index (χ3n) is 4.09. The summed E-state index contributed by atoms with van der Waals surface area (Å²) in [7, 11) is 1.83. The van der Waals surface area contributed by atoms with Gasteiger partial charge >= 0.3 is 0 Å². The van der Waals surface area contributed by atoms with Gasteiger partial charge < -0.3 is 4.57 Å².